The molecular weight excluding hydrogens is 297 g/mol. The Morgan fingerprint density at radius 3 is 1.67 bits per heavy atom. The zero-order chi connectivity index (χ0) is 12.3. The topological polar surface area (TPSA) is 12.0 Å². The summed E-state index contributed by atoms with van der Waals surface area (Å²) in [5.74, 6) is 0. The van der Waals surface area contributed by atoms with Gasteiger partial charge in [-0.15, -0.1) is 0 Å². The maximum absolute atomic E-state index is 3.45. The van der Waals surface area contributed by atoms with Gasteiger partial charge in [-0.25, -0.2) is 0 Å². The summed E-state index contributed by atoms with van der Waals surface area (Å²) in [6, 6.07) is 0.622. The van der Waals surface area contributed by atoms with Crippen molar-refractivity contribution in [3.63, 3.8) is 0 Å². The Labute approximate surface area is 110 Å². The molecule has 0 aliphatic heterocycles. The highest BCUT2D eigenvalue weighted by Gasteiger charge is 2.26. The summed E-state index contributed by atoms with van der Waals surface area (Å²) >= 11 is 2.60. The minimum atomic E-state index is 0.364. The fourth-order valence-corrected chi connectivity index (χ4v) is 2.12. The van der Waals surface area contributed by atoms with Crippen molar-refractivity contribution in [2.45, 2.75) is 64.4 Å². The Morgan fingerprint density at radius 1 is 0.933 bits per heavy atom. The highest BCUT2D eigenvalue weighted by atomic mass is 127. The van der Waals surface area contributed by atoms with Gasteiger partial charge < -0.3 is 5.32 Å². The van der Waals surface area contributed by atoms with Crippen molar-refractivity contribution in [1.29, 1.82) is 0 Å². The van der Waals surface area contributed by atoms with Crippen molar-refractivity contribution in [1.82, 2.24) is 5.32 Å². The second-order valence-electron chi connectivity index (χ2n) is 6.62. The first kappa shape index (κ1) is 15.7. The average Bonchev–Trinajstić information content (AvgIpc) is 2.00. The third-order valence-electron chi connectivity index (χ3n) is 3.04. The van der Waals surface area contributed by atoms with E-state index in [1.165, 1.54) is 12.8 Å². The highest BCUT2D eigenvalue weighted by Crippen LogP contribution is 2.32. The van der Waals surface area contributed by atoms with E-state index in [9.17, 15) is 0 Å². The zero-order valence-corrected chi connectivity index (χ0v) is 13.6. The molecule has 0 aliphatic carbocycles. The van der Waals surface area contributed by atoms with Crippen LogP contribution in [0.2, 0.25) is 0 Å². The van der Waals surface area contributed by atoms with E-state index in [0.717, 1.165) is 3.92 Å². The Balaban J connectivity index is 4.14. The van der Waals surface area contributed by atoms with E-state index in [1.807, 2.05) is 0 Å². The molecule has 0 radical (unpaired) electrons. The first-order valence-electron chi connectivity index (χ1n) is 5.90. The maximum atomic E-state index is 3.45. The van der Waals surface area contributed by atoms with Gasteiger partial charge >= 0.3 is 0 Å². The standard InChI is InChI=1S/C13H28IN/c1-12(2,3)10(14)8-9-11(15-7)13(4,5)6/h10-11,15H,8-9H2,1-7H3. The molecule has 1 nitrogen and oxygen atoms in total. The summed E-state index contributed by atoms with van der Waals surface area (Å²) in [4.78, 5) is 0. The molecule has 0 aliphatic rings. The van der Waals surface area contributed by atoms with Crippen molar-refractivity contribution in [3.05, 3.63) is 0 Å². The minimum absolute atomic E-state index is 0.364. The Morgan fingerprint density at radius 2 is 1.40 bits per heavy atom. The molecule has 0 heterocycles. The number of halogens is 1. The molecule has 0 rings (SSSR count). The van der Waals surface area contributed by atoms with Crippen molar-refractivity contribution in [2.75, 3.05) is 7.05 Å². The third-order valence-corrected chi connectivity index (χ3v) is 5.53. The fraction of sp³-hybridized carbons (Fsp3) is 1.00. The van der Waals surface area contributed by atoms with Crippen LogP contribution in [0.25, 0.3) is 0 Å². The van der Waals surface area contributed by atoms with Gasteiger partial charge in [0.15, 0.2) is 0 Å². The Hall–Kier alpha value is 0.690. The molecule has 0 bridgehead atoms. The first-order valence-corrected chi connectivity index (χ1v) is 7.15. The lowest BCUT2D eigenvalue weighted by molar-refractivity contribution is 0.253. The van der Waals surface area contributed by atoms with Crippen LogP contribution in [-0.4, -0.2) is 17.0 Å². The molecule has 2 atom stereocenters. The fourth-order valence-electron chi connectivity index (χ4n) is 1.76. The maximum Gasteiger partial charge on any atom is 0.0159 e. The summed E-state index contributed by atoms with van der Waals surface area (Å²) in [6.45, 7) is 13.9. The summed E-state index contributed by atoms with van der Waals surface area (Å²) in [6.07, 6.45) is 2.57. The second-order valence-corrected chi connectivity index (χ2v) is 8.12. The molecule has 2 heteroatoms. The smallest absolute Gasteiger partial charge is 0.0159 e. The number of rotatable bonds is 4. The summed E-state index contributed by atoms with van der Waals surface area (Å²) < 4.78 is 0.758. The summed E-state index contributed by atoms with van der Waals surface area (Å²) in [7, 11) is 2.08. The van der Waals surface area contributed by atoms with E-state index >= 15 is 0 Å². The van der Waals surface area contributed by atoms with E-state index in [0.29, 0.717) is 16.9 Å². The van der Waals surface area contributed by atoms with Gasteiger partial charge in [-0.3, -0.25) is 0 Å². The molecule has 0 saturated heterocycles. The van der Waals surface area contributed by atoms with Crippen molar-refractivity contribution in [2.24, 2.45) is 10.8 Å². The molecule has 0 amide bonds. The van der Waals surface area contributed by atoms with Crippen molar-refractivity contribution in [3.8, 4) is 0 Å². The molecular formula is C13H28IN. The van der Waals surface area contributed by atoms with E-state index in [1.54, 1.807) is 0 Å². The summed E-state index contributed by atoms with van der Waals surface area (Å²) in [5, 5.41) is 3.45. The van der Waals surface area contributed by atoms with Crippen molar-refractivity contribution < 1.29 is 0 Å². The van der Waals surface area contributed by atoms with Crippen LogP contribution in [-0.2, 0) is 0 Å². The van der Waals surface area contributed by atoms with Crippen LogP contribution in [0.3, 0.4) is 0 Å². The molecule has 0 aromatic carbocycles. The van der Waals surface area contributed by atoms with Gasteiger partial charge in [-0.1, -0.05) is 64.1 Å². The second kappa shape index (κ2) is 5.85. The molecule has 92 valence electrons. The SMILES string of the molecule is CNC(CCC(I)C(C)(C)C)C(C)(C)C. The van der Waals surface area contributed by atoms with E-state index < -0.39 is 0 Å². The van der Waals surface area contributed by atoms with Gasteiger partial charge in [0.1, 0.15) is 0 Å². The van der Waals surface area contributed by atoms with E-state index in [4.69, 9.17) is 0 Å². The van der Waals surface area contributed by atoms with Crippen LogP contribution >= 0.6 is 22.6 Å². The first-order chi connectivity index (χ1) is 6.59. The number of alkyl halides is 1. The molecule has 0 aromatic heterocycles. The normalized spacial score (nSPS) is 17.6. The van der Waals surface area contributed by atoms with E-state index in [-0.39, 0.29) is 0 Å². The van der Waals surface area contributed by atoms with Gasteiger partial charge in [0.2, 0.25) is 0 Å². The largest absolute Gasteiger partial charge is 0.316 e. The molecule has 0 fully saturated rings. The van der Waals surface area contributed by atoms with Gasteiger partial charge in [0.05, 0.1) is 0 Å². The van der Waals surface area contributed by atoms with Gasteiger partial charge in [0.25, 0.3) is 0 Å². The molecule has 0 saturated carbocycles. The summed E-state index contributed by atoms with van der Waals surface area (Å²) in [5.41, 5.74) is 0.791. The van der Waals surface area contributed by atoms with Crippen LogP contribution in [0.1, 0.15) is 54.4 Å². The molecule has 15 heavy (non-hydrogen) atoms. The average molecular weight is 325 g/mol. The lowest BCUT2D eigenvalue weighted by atomic mass is 9.81. The number of hydrogen-bond acceptors (Lipinski definition) is 1. The quantitative estimate of drug-likeness (QED) is 0.602. The van der Waals surface area contributed by atoms with Gasteiger partial charge in [-0.05, 0) is 30.7 Å². The van der Waals surface area contributed by atoms with Crippen LogP contribution in [0.4, 0.5) is 0 Å². The minimum Gasteiger partial charge on any atom is -0.316 e. The number of nitrogens with one attached hydrogen (secondary N) is 1. The van der Waals surface area contributed by atoms with Crippen LogP contribution in [0.15, 0.2) is 0 Å². The monoisotopic (exact) mass is 325 g/mol. The Bertz CT molecular complexity index is 176. The zero-order valence-electron chi connectivity index (χ0n) is 11.4. The van der Waals surface area contributed by atoms with Crippen LogP contribution in [0, 0.1) is 10.8 Å². The van der Waals surface area contributed by atoms with Crippen molar-refractivity contribution >= 4 is 22.6 Å². The number of hydrogen-bond donors (Lipinski definition) is 1. The lowest BCUT2D eigenvalue weighted by Crippen LogP contribution is -2.39. The molecule has 2 unspecified atom stereocenters. The highest BCUT2D eigenvalue weighted by molar-refractivity contribution is 14.1. The van der Waals surface area contributed by atoms with Gasteiger partial charge in [-0.2, -0.15) is 0 Å². The molecule has 0 spiro atoms. The van der Waals surface area contributed by atoms with Crippen LogP contribution in [0.5, 0.6) is 0 Å². The lowest BCUT2D eigenvalue weighted by Gasteiger charge is -2.33. The molecule has 1 N–H and O–H groups in total. The molecule has 0 aromatic rings. The van der Waals surface area contributed by atoms with Gasteiger partial charge in [0, 0.05) is 9.97 Å². The Kier molecular flexibility index (Phi) is 6.12. The van der Waals surface area contributed by atoms with E-state index in [2.05, 4.69) is 76.5 Å². The predicted molar refractivity (Wildman–Crippen MR) is 78.8 cm³/mol. The predicted octanol–water partition coefficient (Wildman–Crippen LogP) is 4.25. The van der Waals surface area contributed by atoms with Crippen LogP contribution < -0.4 is 5.32 Å². The third kappa shape index (κ3) is 6.10.